The third kappa shape index (κ3) is 2.63. The summed E-state index contributed by atoms with van der Waals surface area (Å²) in [6.07, 6.45) is 4.05. The maximum absolute atomic E-state index is 11.9. The van der Waals surface area contributed by atoms with Crippen molar-refractivity contribution in [1.82, 2.24) is 14.4 Å². The van der Waals surface area contributed by atoms with E-state index in [9.17, 15) is 4.79 Å². The number of carbonyl (C=O) groups is 1. The van der Waals surface area contributed by atoms with E-state index in [4.69, 9.17) is 0 Å². The number of anilines is 1. The zero-order chi connectivity index (χ0) is 13.2. The molecular formula is C13H12N4OS. The van der Waals surface area contributed by atoms with Gasteiger partial charge in [-0.3, -0.25) is 9.20 Å². The Morgan fingerprint density at radius 1 is 1.42 bits per heavy atom. The van der Waals surface area contributed by atoms with Crippen molar-refractivity contribution >= 4 is 28.0 Å². The molecule has 0 saturated carbocycles. The number of hydrogen-bond acceptors (Lipinski definition) is 4. The summed E-state index contributed by atoms with van der Waals surface area (Å²) in [5.41, 5.74) is 1.64. The minimum atomic E-state index is -0.108. The Labute approximate surface area is 113 Å². The van der Waals surface area contributed by atoms with Gasteiger partial charge < -0.3 is 5.32 Å². The molecule has 0 bridgehead atoms. The van der Waals surface area contributed by atoms with Crippen molar-refractivity contribution < 1.29 is 4.79 Å². The quantitative estimate of drug-likeness (QED) is 0.795. The zero-order valence-electron chi connectivity index (χ0n) is 10.3. The minimum absolute atomic E-state index is 0.108. The van der Waals surface area contributed by atoms with Crippen LogP contribution in [0.3, 0.4) is 0 Å². The number of amides is 1. The third-order valence-corrected chi connectivity index (χ3v) is 3.41. The molecule has 3 heterocycles. The molecule has 0 aliphatic rings. The summed E-state index contributed by atoms with van der Waals surface area (Å²) >= 11 is 1.55. The Hall–Kier alpha value is -2.21. The summed E-state index contributed by atoms with van der Waals surface area (Å²) in [6.45, 7) is 1.89. The summed E-state index contributed by atoms with van der Waals surface area (Å²) in [5, 5.41) is 4.73. The fourth-order valence-corrected chi connectivity index (χ4v) is 2.54. The van der Waals surface area contributed by atoms with Crippen LogP contribution >= 0.6 is 11.3 Å². The number of aromatic nitrogens is 3. The lowest BCUT2D eigenvalue weighted by Crippen LogP contribution is -2.15. The second-order valence-corrected chi connectivity index (χ2v) is 5.09. The van der Waals surface area contributed by atoms with Crippen LogP contribution in [0.1, 0.15) is 11.4 Å². The van der Waals surface area contributed by atoms with Crippen LogP contribution in [0.15, 0.2) is 36.0 Å². The predicted octanol–water partition coefficient (Wildman–Crippen LogP) is 2.28. The average Bonchev–Trinajstić information content (AvgIpc) is 2.89. The highest BCUT2D eigenvalue weighted by atomic mass is 32.1. The largest absolute Gasteiger partial charge is 0.310 e. The first-order chi connectivity index (χ1) is 9.20. The summed E-state index contributed by atoms with van der Waals surface area (Å²) in [7, 11) is 0. The van der Waals surface area contributed by atoms with Gasteiger partial charge in [-0.1, -0.05) is 6.07 Å². The van der Waals surface area contributed by atoms with Crippen LogP contribution in [-0.2, 0) is 11.2 Å². The summed E-state index contributed by atoms with van der Waals surface area (Å²) < 4.78 is 1.91. The number of hydrogen-bond donors (Lipinski definition) is 1. The van der Waals surface area contributed by atoms with Crippen molar-refractivity contribution in [3.05, 3.63) is 47.4 Å². The molecule has 0 aliphatic carbocycles. The van der Waals surface area contributed by atoms with Crippen LogP contribution in [-0.4, -0.2) is 20.3 Å². The minimum Gasteiger partial charge on any atom is -0.310 e. The van der Waals surface area contributed by atoms with Gasteiger partial charge in [0.15, 0.2) is 4.96 Å². The van der Waals surface area contributed by atoms with E-state index in [1.807, 2.05) is 41.2 Å². The van der Waals surface area contributed by atoms with Crippen molar-refractivity contribution in [1.29, 1.82) is 0 Å². The van der Waals surface area contributed by atoms with Gasteiger partial charge in [-0.2, -0.15) is 0 Å². The first-order valence-corrected chi connectivity index (χ1v) is 6.73. The molecule has 3 aromatic heterocycles. The van der Waals surface area contributed by atoms with Crippen LogP contribution < -0.4 is 5.32 Å². The molecule has 0 saturated heterocycles. The molecule has 0 aromatic carbocycles. The van der Waals surface area contributed by atoms with Gasteiger partial charge in [0, 0.05) is 23.5 Å². The number of rotatable bonds is 3. The molecule has 0 radical (unpaired) electrons. The highest BCUT2D eigenvalue weighted by Crippen LogP contribution is 2.12. The maximum atomic E-state index is 11.9. The number of nitrogens with zero attached hydrogens (tertiary/aromatic N) is 3. The fraction of sp³-hybridized carbons (Fsp3) is 0.154. The van der Waals surface area contributed by atoms with Gasteiger partial charge in [0.2, 0.25) is 5.91 Å². The summed E-state index contributed by atoms with van der Waals surface area (Å²) in [5.74, 6) is 0.467. The molecule has 3 aromatic rings. The van der Waals surface area contributed by atoms with E-state index in [-0.39, 0.29) is 12.3 Å². The third-order valence-electron chi connectivity index (χ3n) is 2.64. The number of nitrogens with one attached hydrogen (secondary N) is 1. The zero-order valence-corrected chi connectivity index (χ0v) is 11.1. The van der Waals surface area contributed by atoms with Crippen molar-refractivity contribution in [3.8, 4) is 0 Å². The Balaban J connectivity index is 1.69. The Morgan fingerprint density at radius 3 is 3.11 bits per heavy atom. The molecule has 0 unspecified atom stereocenters. The van der Waals surface area contributed by atoms with Crippen molar-refractivity contribution in [2.45, 2.75) is 13.3 Å². The molecular weight excluding hydrogens is 260 g/mol. The average molecular weight is 272 g/mol. The topological polar surface area (TPSA) is 59.3 Å². The first kappa shape index (κ1) is 11.9. The Bertz CT molecular complexity index is 702. The van der Waals surface area contributed by atoms with Gasteiger partial charge in [-0.25, -0.2) is 9.97 Å². The Morgan fingerprint density at radius 2 is 2.32 bits per heavy atom. The molecule has 6 heteroatoms. The molecule has 1 amide bonds. The maximum Gasteiger partial charge on any atom is 0.231 e. The van der Waals surface area contributed by atoms with Crippen LogP contribution in [0.2, 0.25) is 0 Å². The molecule has 1 N–H and O–H groups in total. The number of imidazole rings is 1. The lowest BCUT2D eigenvalue weighted by atomic mass is 10.3. The second-order valence-electron chi connectivity index (χ2n) is 4.21. The molecule has 3 rings (SSSR count). The van der Waals surface area contributed by atoms with Gasteiger partial charge >= 0.3 is 0 Å². The van der Waals surface area contributed by atoms with E-state index in [0.717, 1.165) is 16.3 Å². The lowest BCUT2D eigenvalue weighted by molar-refractivity contribution is -0.115. The van der Waals surface area contributed by atoms with E-state index in [1.54, 1.807) is 17.4 Å². The van der Waals surface area contributed by atoms with Gasteiger partial charge in [0.05, 0.1) is 12.1 Å². The molecule has 0 atom stereocenters. The number of aryl methyl sites for hydroxylation is 1. The molecule has 96 valence electrons. The molecule has 0 fully saturated rings. The van der Waals surface area contributed by atoms with Gasteiger partial charge in [0.1, 0.15) is 5.82 Å². The van der Waals surface area contributed by atoms with Crippen molar-refractivity contribution in [3.63, 3.8) is 0 Å². The summed E-state index contributed by atoms with van der Waals surface area (Å²) in [4.78, 5) is 21.4. The smallest absolute Gasteiger partial charge is 0.231 e. The van der Waals surface area contributed by atoms with E-state index in [2.05, 4.69) is 15.3 Å². The van der Waals surface area contributed by atoms with E-state index in [1.165, 1.54) is 0 Å². The highest BCUT2D eigenvalue weighted by Gasteiger charge is 2.09. The van der Waals surface area contributed by atoms with E-state index in [0.29, 0.717) is 5.82 Å². The van der Waals surface area contributed by atoms with Gasteiger partial charge in [-0.05, 0) is 19.1 Å². The van der Waals surface area contributed by atoms with Crippen LogP contribution in [0.25, 0.3) is 4.96 Å². The predicted molar refractivity (Wildman–Crippen MR) is 74.4 cm³/mol. The molecule has 19 heavy (non-hydrogen) atoms. The first-order valence-electron chi connectivity index (χ1n) is 5.85. The van der Waals surface area contributed by atoms with Gasteiger partial charge in [0.25, 0.3) is 0 Å². The lowest BCUT2D eigenvalue weighted by Gasteiger charge is -2.03. The summed E-state index contributed by atoms with van der Waals surface area (Å²) in [6, 6.07) is 5.53. The van der Waals surface area contributed by atoms with Crippen LogP contribution in [0.5, 0.6) is 0 Å². The number of thiazole rings is 1. The molecule has 0 spiro atoms. The number of pyridine rings is 1. The highest BCUT2D eigenvalue weighted by molar-refractivity contribution is 7.15. The van der Waals surface area contributed by atoms with Crippen molar-refractivity contribution in [2.75, 3.05) is 5.32 Å². The fourth-order valence-electron chi connectivity index (χ4n) is 1.83. The van der Waals surface area contributed by atoms with Crippen molar-refractivity contribution in [2.24, 2.45) is 0 Å². The van der Waals surface area contributed by atoms with Crippen LogP contribution in [0.4, 0.5) is 5.82 Å². The molecule has 0 aliphatic heterocycles. The standard InChI is InChI=1S/C13H12N4OS/c1-9-3-2-4-11(14-9)16-12(18)7-10-8-17-5-6-19-13(17)15-10/h2-6,8H,7H2,1H3,(H,14,16,18). The normalized spacial score (nSPS) is 10.8. The number of carbonyl (C=O) groups excluding carboxylic acids is 1. The second kappa shape index (κ2) is 4.81. The van der Waals surface area contributed by atoms with E-state index < -0.39 is 0 Å². The van der Waals surface area contributed by atoms with Gasteiger partial charge in [-0.15, -0.1) is 11.3 Å². The SMILES string of the molecule is Cc1cccc(NC(=O)Cc2cn3ccsc3n2)n1. The van der Waals surface area contributed by atoms with E-state index >= 15 is 0 Å². The monoisotopic (exact) mass is 272 g/mol. The number of fused-ring (bicyclic) bond motifs is 1. The van der Waals surface area contributed by atoms with Crippen LogP contribution in [0, 0.1) is 6.92 Å². The molecule has 5 nitrogen and oxygen atoms in total. The Kier molecular flexibility index (Phi) is 3.00.